The molecule has 5 heteroatoms. The summed E-state index contributed by atoms with van der Waals surface area (Å²) in [6.45, 7) is 1.94. The van der Waals surface area contributed by atoms with Gasteiger partial charge in [0.15, 0.2) is 10.3 Å². The van der Waals surface area contributed by atoms with Gasteiger partial charge in [0.05, 0.1) is 0 Å². The quantitative estimate of drug-likeness (QED) is 0.735. The molecule has 0 bridgehead atoms. The fourth-order valence-corrected chi connectivity index (χ4v) is 1.58. The number of aromatic amines is 1. The third kappa shape index (κ3) is 2.06. The first-order chi connectivity index (χ1) is 6.34. The van der Waals surface area contributed by atoms with Crippen LogP contribution in [0.1, 0.15) is 5.69 Å². The summed E-state index contributed by atoms with van der Waals surface area (Å²) in [4.78, 5) is 15.4. The first-order valence-corrected chi connectivity index (χ1v) is 4.63. The van der Waals surface area contributed by atoms with Crippen LogP contribution >= 0.6 is 11.8 Å². The zero-order valence-corrected chi connectivity index (χ0v) is 7.88. The van der Waals surface area contributed by atoms with E-state index in [1.54, 1.807) is 18.6 Å². The summed E-state index contributed by atoms with van der Waals surface area (Å²) in [5.74, 6) is 0. The molecule has 0 spiro atoms. The van der Waals surface area contributed by atoms with Crippen LogP contribution in [0.4, 0.5) is 0 Å². The van der Waals surface area contributed by atoms with Crippen molar-refractivity contribution >= 4 is 11.8 Å². The summed E-state index contributed by atoms with van der Waals surface area (Å²) in [6.07, 6.45) is 5.23. The number of hydrogen-bond acceptors (Lipinski definition) is 4. The van der Waals surface area contributed by atoms with Gasteiger partial charge in [-0.2, -0.15) is 0 Å². The number of hydrogen-bond donors (Lipinski definition) is 1. The average molecular weight is 192 g/mol. The second-order valence-corrected chi connectivity index (χ2v) is 3.43. The maximum atomic E-state index is 4.24. The Morgan fingerprint density at radius 3 is 2.92 bits per heavy atom. The molecule has 0 fully saturated rings. The molecule has 0 atom stereocenters. The second-order valence-electron chi connectivity index (χ2n) is 2.48. The second kappa shape index (κ2) is 3.57. The molecule has 66 valence electrons. The van der Waals surface area contributed by atoms with Gasteiger partial charge in [-0.25, -0.2) is 15.0 Å². The van der Waals surface area contributed by atoms with Gasteiger partial charge in [-0.05, 0) is 24.8 Å². The van der Waals surface area contributed by atoms with Crippen LogP contribution in [-0.4, -0.2) is 19.9 Å². The van der Waals surface area contributed by atoms with E-state index in [1.807, 2.05) is 13.0 Å². The van der Waals surface area contributed by atoms with Crippen LogP contribution in [0, 0.1) is 6.92 Å². The number of H-pyrrole nitrogens is 1. The molecule has 2 heterocycles. The van der Waals surface area contributed by atoms with Gasteiger partial charge in [0.2, 0.25) is 0 Å². The van der Waals surface area contributed by atoms with Crippen molar-refractivity contribution in [1.29, 1.82) is 0 Å². The highest BCUT2D eigenvalue weighted by Crippen LogP contribution is 2.19. The van der Waals surface area contributed by atoms with E-state index in [-0.39, 0.29) is 0 Å². The Morgan fingerprint density at radius 1 is 1.31 bits per heavy atom. The van der Waals surface area contributed by atoms with Gasteiger partial charge in [-0.1, -0.05) is 0 Å². The van der Waals surface area contributed by atoms with Crippen molar-refractivity contribution in [2.45, 2.75) is 17.2 Å². The van der Waals surface area contributed by atoms with E-state index in [0.717, 1.165) is 16.0 Å². The normalized spacial score (nSPS) is 10.2. The Balaban J connectivity index is 2.19. The number of imidazole rings is 1. The van der Waals surface area contributed by atoms with Crippen molar-refractivity contribution in [3.8, 4) is 0 Å². The van der Waals surface area contributed by atoms with Crippen LogP contribution in [-0.2, 0) is 0 Å². The van der Waals surface area contributed by atoms with Gasteiger partial charge >= 0.3 is 0 Å². The van der Waals surface area contributed by atoms with Gasteiger partial charge in [0.25, 0.3) is 0 Å². The van der Waals surface area contributed by atoms with E-state index in [9.17, 15) is 0 Å². The molecule has 13 heavy (non-hydrogen) atoms. The van der Waals surface area contributed by atoms with Gasteiger partial charge in [0.1, 0.15) is 0 Å². The van der Waals surface area contributed by atoms with Crippen LogP contribution in [0.3, 0.4) is 0 Å². The molecule has 0 saturated heterocycles. The van der Waals surface area contributed by atoms with Crippen molar-refractivity contribution in [2.24, 2.45) is 0 Å². The molecule has 2 aromatic heterocycles. The highest BCUT2D eigenvalue weighted by molar-refractivity contribution is 7.99. The van der Waals surface area contributed by atoms with E-state index >= 15 is 0 Å². The molecule has 0 saturated carbocycles. The topological polar surface area (TPSA) is 54.5 Å². The van der Waals surface area contributed by atoms with E-state index in [4.69, 9.17) is 0 Å². The Labute approximate surface area is 79.8 Å². The summed E-state index contributed by atoms with van der Waals surface area (Å²) in [5.41, 5.74) is 0.962. The summed E-state index contributed by atoms with van der Waals surface area (Å²) >= 11 is 1.42. The van der Waals surface area contributed by atoms with Gasteiger partial charge < -0.3 is 4.98 Å². The zero-order valence-electron chi connectivity index (χ0n) is 7.06. The van der Waals surface area contributed by atoms with Crippen LogP contribution in [0.25, 0.3) is 0 Å². The van der Waals surface area contributed by atoms with Gasteiger partial charge in [-0.15, -0.1) is 0 Å². The van der Waals surface area contributed by atoms with E-state index in [1.165, 1.54) is 11.8 Å². The molecule has 0 aromatic carbocycles. The third-order valence-corrected chi connectivity index (χ3v) is 2.23. The Bertz CT molecular complexity index is 385. The minimum absolute atomic E-state index is 0.718. The molecular formula is C8H8N4S. The van der Waals surface area contributed by atoms with Crippen molar-refractivity contribution in [1.82, 2.24) is 19.9 Å². The molecule has 1 N–H and O–H groups in total. The molecule has 2 aromatic rings. The summed E-state index contributed by atoms with van der Waals surface area (Å²) in [7, 11) is 0. The number of aromatic nitrogens is 4. The zero-order chi connectivity index (χ0) is 9.10. The van der Waals surface area contributed by atoms with Crippen LogP contribution in [0.2, 0.25) is 0 Å². The lowest BCUT2D eigenvalue weighted by Crippen LogP contribution is -1.88. The van der Waals surface area contributed by atoms with Crippen LogP contribution < -0.4 is 0 Å². The molecule has 0 aliphatic heterocycles. The fourth-order valence-electron chi connectivity index (χ4n) is 0.868. The van der Waals surface area contributed by atoms with Gasteiger partial charge in [0, 0.05) is 24.3 Å². The number of rotatable bonds is 2. The van der Waals surface area contributed by atoms with Crippen LogP contribution in [0.5, 0.6) is 0 Å². The van der Waals surface area contributed by atoms with Gasteiger partial charge in [-0.3, -0.25) is 0 Å². The molecule has 0 aliphatic rings. The minimum Gasteiger partial charge on any atom is -0.339 e. The Hall–Kier alpha value is -1.36. The first-order valence-electron chi connectivity index (χ1n) is 3.81. The van der Waals surface area contributed by atoms with Crippen molar-refractivity contribution in [3.63, 3.8) is 0 Å². The van der Waals surface area contributed by atoms with E-state index < -0.39 is 0 Å². The molecule has 0 amide bonds. The third-order valence-electron chi connectivity index (χ3n) is 1.43. The summed E-state index contributed by atoms with van der Waals surface area (Å²) < 4.78 is 0. The first kappa shape index (κ1) is 8.25. The smallest absolute Gasteiger partial charge is 0.195 e. The molecule has 0 unspecified atom stereocenters. The Morgan fingerprint density at radius 2 is 2.23 bits per heavy atom. The highest BCUT2D eigenvalue weighted by atomic mass is 32.2. The summed E-state index contributed by atoms with van der Waals surface area (Å²) in [6, 6.07) is 1.87. The van der Waals surface area contributed by atoms with Crippen molar-refractivity contribution in [2.75, 3.05) is 0 Å². The predicted octanol–water partition coefficient (Wildman–Crippen LogP) is 1.66. The van der Waals surface area contributed by atoms with Crippen molar-refractivity contribution < 1.29 is 0 Å². The molecule has 0 aliphatic carbocycles. The largest absolute Gasteiger partial charge is 0.339 e. The monoisotopic (exact) mass is 192 g/mol. The highest BCUT2D eigenvalue weighted by Gasteiger charge is 2.01. The standard InChI is InChI=1S/C8H8N4S/c1-6-2-3-9-8(12-6)13-7-10-4-5-11-7/h2-5H,1H3,(H,10,11). The van der Waals surface area contributed by atoms with E-state index in [0.29, 0.717) is 0 Å². The number of aryl methyl sites for hydroxylation is 1. The Kier molecular flexibility index (Phi) is 2.27. The SMILES string of the molecule is Cc1ccnc(Sc2ncc[nH]2)n1. The molecule has 2 rings (SSSR count). The lowest BCUT2D eigenvalue weighted by molar-refractivity contribution is 0.921. The number of nitrogens with zero attached hydrogens (tertiary/aromatic N) is 3. The fraction of sp³-hybridized carbons (Fsp3) is 0.125. The number of nitrogens with one attached hydrogen (secondary N) is 1. The van der Waals surface area contributed by atoms with Crippen LogP contribution in [0.15, 0.2) is 35.0 Å². The summed E-state index contributed by atoms with van der Waals surface area (Å²) in [5, 5.41) is 1.53. The lowest BCUT2D eigenvalue weighted by Gasteiger charge is -1.96. The lowest BCUT2D eigenvalue weighted by atomic mass is 10.5. The maximum Gasteiger partial charge on any atom is 0.195 e. The molecular weight excluding hydrogens is 184 g/mol. The average Bonchev–Trinajstić information content (AvgIpc) is 2.57. The predicted molar refractivity (Wildman–Crippen MR) is 49.5 cm³/mol. The minimum atomic E-state index is 0.718. The van der Waals surface area contributed by atoms with Crippen molar-refractivity contribution in [3.05, 3.63) is 30.4 Å². The maximum absolute atomic E-state index is 4.24. The molecule has 4 nitrogen and oxygen atoms in total. The molecule has 0 radical (unpaired) electrons. The van der Waals surface area contributed by atoms with E-state index in [2.05, 4.69) is 19.9 Å².